The van der Waals surface area contributed by atoms with E-state index >= 15 is 0 Å². The summed E-state index contributed by atoms with van der Waals surface area (Å²) in [5.74, 6) is 0.286. The van der Waals surface area contributed by atoms with Gasteiger partial charge in [0.25, 0.3) is 11.8 Å². The minimum Gasteiger partial charge on any atom is -0.486 e. The Morgan fingerprint density at radius 3 is 2.53 bits per heavy atom. The molecule has 2 aliphatic rings. The molecule has 6 rings (SSSR count). The summed E-state index contributed by atoms with van der Waals surface area (Å²) in [6.07, 6.45) is 1.46. The zero-order valence-electron chi connectivity index (χ0n) is 17.5. The Balaban J connectivity index is 1.51. The van der Waals surface area contributed by atoms with E-state index in [0.717, 1.165) is 16.2 Å². The molecule has 0 unspecified atom stereocenters. The fourth-order valence-corrected chi connectivity index (χ4v) is 4.34. The second-order valence-corrected chi connectivity index (χ2v) is 7.80. The maximum Gasteiger partial charge on any atom is 0.267 e. The molecule has 2 aliphatic heterocycles. The number of imide groups is 1. The minimum atomic E-state index is -0.417. The molecule has 2 aromatic carbocycles. The highest BCUT2D eigenvalue weighted by Crippen LogP contribution is 2.39. The lowest BCUT2D eigenvalue weighted by atomic mass is 10.1. The standard InChI is InChI=1S/C24H18N4O4/c1-13-5-3-4-6-17(13)28-22-20(14(2)26-28)21-16(12-25-22)23(29)27(24(21)30)15-7-8-18-19(11-15)32-10-9-31-18/h3-8,11-12H,9-10H2,1-2H3. The molecule has 4 aromatic rings. The van der Waals surface area contributed by atoms with Crippen LogP contribution in [0.3, 0.4) is 0 Å². The van der Waals surface area contributed by atoms with Gasteiger partial charge in [0.2, 0.25) is 0 Å². The van der Waals surface area contributed by atoms with Crippen LogP contribution in [0.4, 0.5) is 5.69 Å². The number of amides is 2. The summed E-state index contributed by atoms with van der Waals surface area (Å²) >= 11 is 0. The van der Waals surface area contributed by atoms with Crippen molar-refractivity contribution < 1.29 is 19.1 Å². The molecular formula is C24H18N4O4. The molecule has 0 atom stereocenters. The molecule has 4 heterocycles. The van der Waals surface area contributed by atoms with E-state index in [2.05, 4.69) is 10.1 Å². The van der Waals surface area contributed by atoms with Crippen LogP contribution >= 0.6 is 0 Å². The first kappa shape index (κ1) is 18.6. The third kappa shape index (κ3) is 2.49. The number of pyridine rings is 1. The molecule has 2 aromatic heterocycles. The number of hydrogen-bond donors (Lipinski definition) is 0. The van der Waals surface area contributed by atoms with Crippen molar-refractivity contribution >= 4 is 28.5 Å². The molecule has 32 heavy (non-hydrogen) atoms. The zero-order chi connectivity index (χ0) is 22.0. The van der Waals surface area contributed by atoms with Gasteiger partial charge in [0.1, 0.15) is 13.2 Å². The predicted octanol–water partition coefficient (Wildman–Crippen LogP) is 3.61. The number of fused-ring (bicyclic) bond motifs is 4. The van der Waals surface area contributed by atoms with E-state index in [-0.39, 0.29) is 5.56 Å². The van der Waals surface area contributed by atoms with Crippen molar-refractivity contribution in [2.24, 2.45) is 0 Å². The average Bonchev–Trinajstić information content (AvgIpc) is 3.27. The molecule has 0 spiro atoms. The Hall–Kier alpha value is -4.20. The Labute approximate surface area is 183 Å². The van der Waals surface area contributed by atoms with Crippen LogP contribution in [0.2, 0.25) is 0 Å². The number of carbonyl (C=O) groups excluding carboxylic acids is 2. The van der Waals surface area contributed by atoms with Crippen LogP contribution in [0, 0.1) is 13.8 Å². The van der Waals surface area contributed by atoms with Gasteiger partial charge in [-0.3, -0.25) is 9.59 Å². The van der Waals surface area contributed by atoms with Gasteiger partial charge in [0, 0.05) is 12.3 Å². The number of nitrogens with zero attached hydrogens (tertiary/aromatic N) is 4. The molecule has 0 saturated heterocycles. The first-order chi connectivity index (χ1) is 15.5. The molecule has 0 aliphatic carbocycles. The number of aryl methyl sites for hydroxylation is 2. The second kappa shape index (κ2) is 6.65. The summed E-state index contributed by atoms with van der Waals surface area (Å²) in [6.45, 7) is 4.70. The topological polar surface area (TPSA) is 86.6 Å². The highest BCUT2D eigenvalue weighted by Gasteiger charge is 2.40. The Bertz CT molecular complexity index is 1460. The zero-order valence-corrected chi connectivity index (χ0v) is 17.5. The molecular weight excluding hydrogens is 408 g/mol. The average molecular weight is 426 g/mol. The number of para-hydroxylation sites is 1. The lowest BCUT2D eigenvalue weighted by Crippen LogP contribution is -2.29. The number of anilines is 1. The van der Waals surface area contributed by atoms with E-state index in [1.165, 1.54) is 6.20 Å². The third-order valence-electron chi connectivity index (χ3n) is 5.85. The number of rotatable bonds is 2. The number of hydrogen-bond acceptors (Lipinski definition) is 6. The van der Waals surface area contributed by atoms with Crippen LogP contribution in [-0.4, -0.2) is 39.8 Å². The van der Waals surface area contributed by atoms with E-state index < -0.39 is 11.8 Å². The number of benzene rings is 2. The van der Waals surface area contributed by atoms with Crippen molar-refractivity contribution in [3.8, 4) is 17.2 Å². The fraction of sp³-hybridized carbons (Fsp3) is 0.167. The quantitative estimate of drug-likeness (QED) is 0.455. The first-order valence-electron chi connectivity index (χ1n) is 10.3. The Kier molecular flexibility index (Phi) is 3.86. The van der Waals surface area contributed by atoms with Crippen LogP contribution in [0.1, 0.15) is 32.0 Å². The molecule has 2 amide bonds. The minimum absolute atomic E-state index is 0.268. The number of aromatic nitrogens is 3. The van der Waals surface area contributed by atoms with Gasteiger partial charge in [0.05, 0.1) is 33.6 Å². The van der Waals surface area contributed by atoms with E-state index in [4.69, 9.17) is 9.47 Å². The van der Waals surface area contributed by atoms with Gasteiger partial charge < -0.3 is 9.47 Å². The van der Waals surface area contributed by atoms with Crippen LogP contribution in [0.25, 0.3) is 16.7 Å². The van der Waals surface area contributed by atoms with Gasteiger partial charge in [-0.15, -0.1) is 0 Å². The molecule has 0 N–H and O–H groups in total. The molecule has 0 saturated carbocycles. The van der Waals surface area contributed by atoms with E-state index in [9.17, 15) is 9.59 Å². The van der Waals surface area contributed by atoms with E-state index in [1.807, 2.05) is 38.1 Å². The highest BCUT2D eigenvalue weighted by atomic mass is 16.6. The summed E-state index contributed by atoms with van der Waals surface area (Å²) in [5.41, 5.74) is 4.10. The van der Waals surface area contributed by atoms with Crippen molar-refractivity contribution in [1.82, 2.24) is 14.8 Å². The molecule has 0 radical (unpaired) electrons. The molecule has 0 fully saturated rings. The first-order valence-corrected chi connectivity index (χ1v) is 10.3. The summed E-state index contributed by atoms with van der Waals surface area (Å²) < 4.78 is 12.9. The third-order valence-corrected chi connectivity index (χ3v) is 5.85. The van der Waals surface area contributed by atoms with Crippen LogP contribution in [0.15, 0.2) is 48.7 Å². The van der Waals surface area contributed by atoms with Crippen LogP contribution in [-0.2, 0) is 0 Å². The maximum absolute atomic E-state index is 13.5. The van der Waals surface area contributed by atoms with Gasteiger partial charge in [-0.25, -0.2) is 14.6 Å². The monoisotopic (exact) mass is 426 g/mol. The van der Waals surface area contributed by atoms with E-state index in [0.29, 0.717) is 52.7 Å². The van der Waals surface area contributed by atoms with Gasteiger partial charge >= 0.3 is 0 Å². The second-order valence-electron chi connectivity index (χ2n) is 7.80. The van der Waals surface area contributed by atoms with Gasteiger partial charge in [-0.05, 0) is 37.6 Å². The molecule has 8 heteroatoms. The SMILES string of the molecule is Cc1ccccc1-n1nc(C)c2c3c(cnc21)C(=O)N(c1ccc2c(c1)OCCO2)C3=O. The van der Waals surface area contributed by atoms with Gasteiger partial charge in [-0.2, -0.15) is 5.10 Å². The molecule has 158 valence electrons. The van der Waals surface area contributed by atoms with Gasteiger partial charge in [0.15, 0.2) is 17.1 Å². The fourth-order valence-electron chi connectivity index (χ4n) is 4.34. The normalized spacial score (nSPS) is 14.9. The van der Waals surface area contributed by atoms with Crippen LogP contribution in [0.5, 0.6) is 11.5 Å². The summed E-state index contributed by atoms with van der Waals surface area (Å²) in [6, 6.07) is 12.9. The largest absolute Gasteiger partial charge is 0.486 e. The van der Waals surface area contributed by atoms with Crippen molar-refractivity contribution in [3.05, 3.63) is 71.0 Å². The molecule has 0 bridgehead atoms. The lowest BCUT2D eigenvalue weighted by Gasteiger charge is -2.21. The number of carbonyl (C=O) groups is 2. The smallest absolute Gasteiger partial charge is 0.267 e. The number of ether oxygens (including phenoxy) is 2. The van der Waals surface area contributed by atoms with Crippen molar-refractivity contribution in [2.75, 3.05) is 18.1 Å². The van der Waals surface area contributed by atoms with Gasteiger partial charge in [-0.1, -0.05) is 18.2 Å². The highest BCUT2D eigenvalue weighted by molar-refractivity contribution is 6.37. The van der Waals surface area contributed by atoms with Crippen LogP contribution < -0.4 is 14.4 Å². The summed E-state index contributed by atoms with van der Waals surface area (Å²) in [4.78, 5) is 32.4. The summed E-state index contributed by atoms with van der Waals surface area (Å²) in [5, 5.41) is 5.24. The lowest BCUT2D eigenvalue weighted by molar-refractivity contribution is 0.0926. The predicted molar refractivity (Wildman–Crippen MR) is 117 cm³/mol. The van der Waals surface area contributed by atoms with Crippen molar-refractivity contribution in [1.29, 1.82) is 0 Å². The van der Waals surface area contributed by atoms with E-state index in [1.54, 1.807) is 22.9 Å². The summed E-state index contributed by atoms with van der Waals surface area (Å²) in [7, 11) is 0. The van der Waals surface area contributed by atoms with Crippen molar-refractivity contribution in [2.45, 2.75) is 13.8 Å². The maximum atomic E-state index is 13.5. The Morgan fingerprint density at radius 1 is 0.938 bits per heavy atom. The van der Waals surface area contributed by atoms with Crippen molar-refractivity contribution in [3.63, 3.8) is 0 Å². The Morgan fingerprint density at radius 2 is 1.72 bits per heavy atom. The molecule has 8 nitrogen and oxygen atoms in total.